The number of hydrogen-bond acceptors (Lipinski definition) is 3. The Morgan fingerprint density at radius 1 is 1.75 bits per heavy atom. The van der Waals surface area contributed by atoms with Gasteiger partial charge in [0.05, 0.1) is 12.6 Å². The lowest BCUT2D eigenvalue weighted by atomic mass is 10.1. The third kappa shape index (κ3) is 1.05. The zero-order chi connectivity index (χ0) is 5.98. The van der Waals surface area contributed by atoms with E-state index in [-0.39, 0.29) is 11.8 Å². The highest BCUT2D eigenvalue weighted by molar-refractivity contribution is 5.86. The van der Waals surface area contributed by atoms with Crippen LogP contribution in [0, 0.1) is 0 Å². The SMILES string of the molecule is NC1CCNCC1=O. The number of Topliss-reactive ketones (excluding diaryl/α,β-unsaturated/α-hetero) is 1. The molecule has 1 aliphatic heterocycles. The number of rotatable bonds is 0. The summed E-state index contributed by atoms with van der Waals surface area (Å²) in [6, 6.07) is -0.198. The molecule has 46 valence electrons. The van der Waals surface area contributed by atoms with Gasteiger partial charge in [-0.2, -0.15) is 0 Å². The summed E-state index contributed by atoms with van der Waals surface area (Å²) in [7, 11) is 0. The van der Waals surface area contributed by atoms with Gasteiger partial charge in [0.25, 0.3) is 0 Å². The van der Waals surface area contributed by atoms with Gasteiger partial charge in [0.15, 0.2) is 5.78 Å². The summed E-state index contributed by atoms with van der Waals surface area (Å²) in [5.74, 6) is 0.135. The molecule has 1 heterocycles. The van der Waals surface area contributed by atoms with Crippen LogP contribution in [-0.4, -0.2) is 24.9 Å². The summed E-state index contributed by atoms with van der Waals surface area (Å²) in [5.41, 5.74) is 5.39. The van der Waals surface area contributed by atoms with Gasteiger partial charge in [0.1, 0.15) is 0 Å². The number of hydrogen-bond donors (Lipinski definition) is 2. The lowest BCUT2D eigenvalue weighted by Gasteiger charge is -2.16. The number of nitrogens with one attached hydrogen (secondary N) is 1. The van der Waals surface area contributed by atoms with E-state index < -0.39 is 0 Å². The van der Waals surface area contributed by atoms with Crippen LogP contribution in [-0.2, 0) is 4.79 Å². The van der Waals surface area contributed by atoms with E-state index in [4.69, 9.17) is 5.73 Å². The molecule has 0 radical (unpaired) electrons. The smallest absolute Gasteiger partial charge is 0.163 e. The Morgan fingerprint density at radius 3 is 2.88 bits per heavy atom. The van der Waals surface area contributed by atoms with Crippen LogP contribution >= 0.6 is 0 Å². The van der Waals surface area contributed by atoms with Crippen LogP contribution in [0.5, 0.6) is 0 Å². The maximum Gasteiger partial charge on any atom is 0.163 e. The second-order valence-corrected chi connectivity index (χ2v) is 2.04. The zero-order valence-electron chi connectivity index (χ0n) is 4.68. The van der Waals surface area contributed by atoms with Crippen molar-refractivity contribution in [3.05, 3.63) is 0 Å². The molecule has 1 atom stereocenters. The number of carbonyl (C=O) groups is 1. The topological polar surface area (TPSA) is 55.1 Å². The van der Waals surface area contributed by atoms with Crippen LogP contribution in [0.2, 0.25) is 0 Å². The fourth-order valence-electron chi connectivity index (χ4n) is 0.761. The fraction of sp³-hybridized carbons (Fsp3) is 0.800. The van der Waals surface area contributed by atoms with Crippen molar-refractivity contribution in [2.24, 2.45) is 5.73 Å². The Kier molecular flexibility index (Phi) is 1.60. The van der Waals surface area contributed by atoms with E-state index in [1.807, 2.05) is 0 Å². The van der Waals surface area contributed by atoms with E-state index in [2.05, 4.69) is 5.32 Å². The van der Waals surface area contributed by atoms with Gasteiger partial charge in [-0.3, -0.25) is 4.79 Å². The largest absolute Gasteiger partial charge is 0.321 e. The van der Waals surface area contributed by atoms with Gasteiger partial charge in [-0.05, 0) is 13.0 Å². The van der Waals surface area contributed by atoms with Crippen LogP contribution in [0.15, 0.2) is 0 Å². The second kappa shape index (κ2) is 2.24. The first-order valence-electron chi connectivity index (χ1n) is 2.80. The molecule has 1 saturated heterocycles. The Bertz CT molecular complexity index is 103. The van der Waals surface area contributed by atoms with E-state index in [0.717, 1.165) is 13.0 Å². The first-order valence-corrected chi connectivity index (χ1v) is 2.80. The third-order valence-electron chi connectivity index (χ3n) is 1.34. The standard InChI is InChI=1S/C5H10N2O/c6-4-1-2-7-3-5(4)8/h4,7H,1-3,6H2. The summed E-state index contributed by atoms with van der Waals surface area (Å²) in [5, 5.41) is 2.94. The van der Waals surface area contributed by atoms with Crippen molar-refractivity contribution in [2.75, 3.05) is 13.1 Å². The minimum atomic E-state index is -0.198. The predicted molar refractivity (Wildman–Crippen MR) is 30.5 cm³/mol. The van der Waals surface area contributed by atoms with Crippen LogP contribution in [0.4, 0.5) is 0 Å². The molecule has 0 aromatic heterocycles. The molecule has 0 aromatic carbocycles. The van der Waals surface area contributed by atoms with Crippen LogP contribution in [0.25, 0.3) is 0 Å². The quantitative estimate of drug-likeness (QED) is 0.419. The number of carbonyl (C=O) groups excluding carboxylic acids is 1. The molecular weight excluding hydrogens is 104 g/mol. The molecule has 0 spiro atoms. The fourth-order valence-corrected chi connectivity index (χ4v) is 0.761. The van der Waals surface area contributed by atoms with E-state index in [1.165, 1.54) is 0 Å². The molecule has 1 fully saturated rings. The molecule has 0 saturated carbocycles. The van der Waals surface area contributed by atoms with Crippen LogP contribution < -0.4 is 11.1 Å². The Hall–Kier alpha value is -0.410. The first kappa shape index (κ1) is 5.72. The highest BCUT2D eigenvalue weighted by Gasteiger charge is 2.16. The average Bonchev–Trinajstić information content (AvgIpc) is 1.77. The first-order chi connectivity index (χ1) is 3.80. The molecule has 3 heteroatoms. The van der Waals surface area contributed by atoms with Gasteiger partial charge in [-0.1, -0.05) is 0 Å². The van der Waals surface area contributed by atoms with Gasteiger partial charge >= 0.3 is 0 Å². The Morgan fingerprint density at radius 2 is 2.50 bits per heavy atom. The van der Waals surface area contributed by atoms with Crippen molar-refractivity contribution in [3.63, 3.8) is 0 Å². The lowest BCUT2D eigenvalue weighted by molar-refractivity contribution is -0.120. The highest BCUT2D eigenvalue weighted by atomic mass is 16.1. The molecule has 1 rings (SSSR count). The molecule has 0 bridgehead atoms. The maximum atomic E-state index is 10.6. The van der Waals surface area contributed by atoms with Gasteiger partial charge in [-0.15, -0.1) is 0 Å². The zero-order valence-corrected chi connectivity index (χ0v) is 4.68. The highest BCUT2D eigenvalue weighted by Crippen LogP contribution is 1.92. The molecule has 3 N–H and O–H groups in total. The lowest BCUT2D eigenvalue weighted by Crippen LogP contribution is -2.45. The number of ketones is 1. The molecule has 3 nitrogen and oxygen atoms in total. The monoisotopic (exact) mass is 114 g/mol. The van der Waals surface area contributed by atoms with E-state index >= 15 is 0 Å². The van der Waals surface area contributed by atoms with Gasteiger partial charge < -0.3 is 11.1 Å². The summed E-state index contributed by atoms with van der Waals surface area (Å²) >= 11 is 0. The van der Waals surface area contributed by atoms with Crippen molar-refractivity contribution in [2.45, 2.75) is 12.5 Å². The molecular formula is C5H10N2O. The van der Waals surface area contributed by atoms with E-state index in [1.54, 1.807) is 0 Å². The van der Waals surface area contributed by atoms with Gasteiger partial charge in [0.2, 0.25) is 0 Å². The molecule has 8 heavy (non-hydrogen) atoms. The summed E-state index contributed by atoms with van der Waals surface area (Å²) < 4.78 is 0. The van der Waals surface area contributed by atoms with Crippen molar-refractivity contribution >= 4 is 5.78 Å². The Labute approximate surface area is 48.2 Å². The van der Waals surface area contributed by atoms with Crippen molar-refractivity contribution < 1.29 is 4.79 Å². The van der Waals surface area contributed by atoms with E-state index in [0.29, 0.717) is 6.54 Å². The minimum Gasteiger partial charge on any atom is -0.321 e. The predicted octanol–water partition coefficient (Wildman–Crippen LogP) is -1.12. The third-order valence-corrected chi connectivity index (χ3v) is 1.34. The molecule has 0 aliphatic carbocycles. The Balaban J connectivity index is 2.39. The van der Waals surface area contributed by atoms with Crippen LogP contribution in [0.1, 0.15) is 6.42 Å². The molecule has 1 aliphatic rings. The molecule has 1 unspecified atom stereocenters. The number of piperidine rings is 1. The number of nitrogens with two attached hydrogens (primary N) is 1. The summed E-state index contributed by atoms with van der Waals surface area (Å²) in [6.07, 6.45) is 0.791. The maximum absolute atomic E-state index is 10.6. The van der Waals surface area contributed by atoms with Crippen molar-refractivity contribution in [1.29, 1.82) is 0 Å². The summed E-state index contributed by atoms with van der Waals surface area (Å²) in [6.45, 7) is 1.34. The molecule has 0 aromatic rings. The summed E-state index contributed by atoms with van der Waals surface area (Å²) in [4.78, 5) is 10.6. The second-order valence-electron chi connectivity index (χ2n) is 2.04. The average molecular weight is 114 g/mol. The van der Waals surface area contributed by atoms with Crippen molar-refractivity contribution in [3.8, 4) is 0 Å². The van der Waals surface area contributed by atoms with Gasteiger partial charge in [-0.25, -0.2) is 0 Å². The normalized spacial score (nSPS) is 30.6. The minimum absolute atomic E-state index is 0.135. The van der Waals surface area contributed by atoms with Crippen molar-refractivity contribution in [1.82, 2.24) is 5.32 Å². The van der Waals surface area contributed by atoms with Gasteiger partial charge in [0, 0.05) is 0 Å². The van der Waals surface area contributed by atoms with E-state index in [9.17, 15) is 4.79 Å². The van der Waals surface area contributed by atoms with Crippen LogP contribution in [0.3, 0.4) is 0 Å². The molecule has 0 amide bonds.